The van der Waals surface area contributed by atoms with E-state index in [1.54, 1.807) is 5.57 Å². The second-order valence-electron chi connectivity index (χ2n) is 4.90. The van der Waals surface area contributed by atoms with Crippen LogP contribution < -0.4 is 0 Å². The van der Waals surface area contributed by atoms with Crippen LogP contribution in [0.4, 0.5) is 0 Å². The first kappa shape index (κ1) is 12.5. The summed E-state index contributed by atoms with van der Waals surface area (Å²) >= 11 is 0. The van der Waals surface area contributed by atoms with E-state index in [1.165, 1.54) is 38.5 Å². The minimum absolute atomic E-state index is 0.876. The lowest BCUT2D eigenvalue weighted by Crippen LogP contribution is -2.11. The van der Waals surface area contributed by atoms with Gasteiger partial charge in [0.1, 0.15) is 0 Å². The lowest BCUT2D eigenvalue weighted by Gasteiger charge is -2.23. The van der Waals surface area contributed by atoms with Crippen LogP contribution in [-0.4, -0.2) is 0 Å². The standard InChI is InChI=1S/C15H26/c1-4-9-15(13(3)5-2)12-14-10-7-6-8-11-14/h7,10-11,13,15H,4-6,8-9,12H2,1-3H3. The molecule has 0 aromatic rings. The third kappa shape index (κ3) is 4.24. The molecule has 1 aliphatic rings. The van der Waals surface area contributed by atoms with E-state index in [4.69, 9.17) is 0 Å². The molecule has 0 saturated carbocycles. The van der Waals surface area contributed by atoms with Crippen molar-refractivity contribution in [2.24, 2.45) is 11.8 Å². The quantitative estimate of drug-likeness (QED) is 0.566. The van der Waals surface area contributed by atoms with Crippen molar-refractivity contribution in [2.75, 3.05) is 0 Å². The van der Waals surface area contributed by atoms with Crippen molar-refractivity contribution in [3.8, 4) is 0 Å². The fraction of sp³-hybridized carbons (Fsp3) is 0.733. The maximum atomic E-state index is 2.44. The average Bonchev–Trinajstić information content (AvgIpc) is 2.29. The Bertz CT molecular complexity index is 222. The van der Waals surface area contributed by atoms with E-state index in [0.717, 1.165) is 11.8 Å². The molecule has 0 amide bonds. The van der Waals surface area contributed by atoms with E-state index in [1.807, 2.05) is 0 Å². The minimum atomic E-state index is 0.876. The van der Waals surface area contributed by atoms with E-state index in [2.05, 4.69) is 39.0 Å². The van der Waals surface area contributed by atoms with Gasteiger partial charge < -0.3 is 0 Å². The summed E-state index contributed by atoms with van der Waals surface area (Å²) in [6, 6.07) is 0. The second kappa shape index (κ2) is 6.87. The molecule has 0 N–H and O–H groups in total. The number of hydrogen-bond donors (Lipinski definition) is 0. The Morgan fingerprint density at radius 3 is 2.60 bits per heavy atom. The molecular weight excluding hydrogens is 180 g/mol. The number of allylic oxidation sites excluding steroid dienone is 4. The van der Waals surface area contributed by atoms with Gasteiger partial charge in [0.15, 0.2) is 0 Å². The summed E-state index contributed by atoms with van der Waals surface area (Å²) in [5.74, 6) is 1.77. The fourth-order valence-corrected chi connectivity index (χ4v) is 2.41. The van der Waals surface area contributed by atoms with Gasteiger partial charge in [-0.2, -0.15) is 0 Å². The van der Waals surface area contributed by atoms with Gasteiger partial charge in [0.2, 0.25) is 0 Å². The monoisotopic (exact) mass is 206 g/mol. The van der Waals surface area contributed by atoms with Gasteiger partial charge in [-0.3, -0.25) is 0 Å². The largest absolute Gasteiger partial charge is 0.0840 e. The van der Waals surface area contributed by atoms with Crippen molar-refractivity contribution in [1.82, 2.24) is 0 Å². The SMILES string of the molecule is CCCC(CC1=CCCC=C1)C(C)CC. The Morgan fingerprint density at radius 2 is 2.07 bits per heavy atom. The highest BCUT2D eigenvalue weighted by Crippen LogP contribution is 2.29. The predicted octanol–water partition coefficient (Wildman–Crippen LogP) is 5.12. The second-order valence-corrected chi connectivity index (χ2v) is 4.90. The van der Waals surface area contributed by atoms with Gasteiger partial charge >= 0.3 is 0 Å². The molecule has 0 spiro atoms. The van der Waals surface area contributed by atoms with E-state index in [0.29, 0.717) is 0 Å². The van der Waals surface area contributed by atoms with E-state index in [-0.39, 0.29) is 0 Å². The zero-order valence-electron chi connectivity index (χ0n) is 10.6. The first-order valence-electron chi connectivity index (χ1n) is 6.63. The molecule has 0 bridgehead atoms. The molecule has 0 aromatic heterocycles. The Kier molecular flexibility index (Phi) is 5.75. The van der Waals surface area contributed by atoms with Gasteiger partial charge in [0.25, 0.3) is 0 Å². The average molecular weight is 206 g/mol. The zero-order chi connectivity index (χ0) is 11.1. The van der Waals surface area contributed by atoms with Crippen LogP contribution in [0.5, 0.6) is 0 Å². The lowest BCUT2D eigenvalue weighted by atomic mass is 9.82. The Morgan fingerprint density at radius 1 is 1.27 bits per heavy atom. The van der Waals surface area contributed by atoms with Gasteiger partial charge in [-0.25, -0.2) is 0 Å². The molecule has 0 fully saturated rings. The lowest BCUT2D eigenvalue weighted by molar-refractivity contribution is 0.323. The summed E-state index contributed by atoms with van der Waals surface area (Å²) in [5.41, 5.74) is 1.58. The molecule has 86 valence electrons. The van der Waals surface area contributed by atoms with Crippen molar-refractivity contribution >= 4 is 0 Å². The Hall–Kier alpha value is -0.520. The van der Waals surface area contributed by atoms with Crippen LogP contribution in [0.1, 0.15) is 59.3 Å². The summed E-state index contributed by atoms with van der Waals surface area (Å²) in [5, 5.41) is 0. The van der Waals surface area contributed by atoms with Gasteiger partial charge in [-0.05, 0) is 31.1 Å². The molecule has 0 heteroatoms. The van der Waals surface area contributed by atoms with Gasteiger partial charge in [0.05, 0.1) is 0 Å². The van der Waals surface area contributed by atoms with Crippen LogP contribution >= 0.6 is 0 Å². The molecule has 0 saturated heterocycles. The van der Waals surface area contributed by atoms with Crippen molar-refractivity contribution in [3.05, 3.63) is 23.8 Å². The molecular formula is C15H26. The summed E-state index contributed by atoms with van der Waals surface area (Å²) < 4.78 is 0. The normalized spacial score (nSPS) is 19.8. The van der Waals surface area contributed by atoms with E-state index < -0.39 is 0 Å². The molecule has 0 aromatic carbocycles. The molecule has 2 atom stereocenters. The van der Waals surface area contributed by atoms with E-state index >= 15 is 0 Å². The number of hydrogen-bond acceptors (Lipinski definition) is 0. The van der Waals surface area contributed by atoms with Crippen LogP contribution in [0.3, 0.4) is 0 Å². The van der Waals surface area contributed by atoms with Gasteiger partial charge in [0, 0.05) is 0 Å². The first-order chi connectivity index (χ1) is 7.27. The third-order valence-electron chi connectivity index (χ3n) is 3.68. The number of rotatable bonds is 6. The Labute approximate surface area is 95.5 Å². The summed E-state index contributed by atoms with van der Waals surface area (Å²) in [6.45, 7) is 7.03. The summed E-state index contributed by atoms with van der Waals surface area (Å²) in [6.07, 6.45) is 14.9. The van der Waals surface area contributed by atoms with Gasteiger partial charge in [-0.15, -0.1) is 0 Å². The molecule has 1 rings (SSSR count). The molecule has 1 aliphatic carbocycles. The minimum Gasteiger partial charge on any atom is -0.0840 e. The van der Waals surface area contributed by atoms with E-state index in [9.17, 15) is 0 Å². The summed E-state index contributed by atoms with van der Waals surface area (Å²) in [4.78, 5) is 0. The van der Waals surface area contributed by atoms with Crippen molar-refractivity contribution in [2.45, 2.75) is 59.3 Å². The Balaban J connectivity index is 2.49. The maximum absolute atomic E-state index is 2.44. The highest BCUT2D eigenvalue weighted by Gasteiger charge is 2.16. The van der Waals surface area contributed by atoms with Crippen molar-refractivity contribution in [1.29, 1.82) is 0 Å². The van der Waals surface area contributed by atoms with Gasteiger partial charge in [-0.1, -0.05) is 63.8 Å². The van der Waals surface area contributed by atoms with Crippen molar-refractivity contribution < 1.29 is 0 Å². The van der Waals surface area contributed by atoms with Crippen LogP contribution in [-0.2, 0) is 0 Å². The highest BCUT2D eigenvalue weighted by atomic mass is 14.2. The smallest absolute Gasteiger partial charge is 0.0251 e. The molecule has 2 unspecified atom stereocenters. The summed E-state index contributed by atoms with van der Waals surface area (Å²) in [7, 11) is 0. The molecule has 0 aliphatic heterocycles. The predicted molar refractivity (Wildman–Crippen MR) is 68.9 cm³/mol. The topological polar surface area (TPSA) is 0 Å². The first-order valence-corrected chi connectivity index (χ1v) is 6.63. The third-order valence-corrected chi connectivity index (χ3v) is 3.68. The maximum Gasteiger partial charge on any atom is -0.0251 e. The highest BCUT2D eigenvalue weighted by molar-refractivity contribution is 5.22. The van der Waals surface area contributed by atoms with Crippen LogP contribution in [0, 0.1) is 11.8 Å². The molecule has 0 heterocycles. The van der Waals surface area contributed by atoms with Crippen LogP contribution in [0.15, 0.2) is 23.8 Å². The van der Waals surface area contributed by atoms with Crippen molar-refractivity contribution in [3.63, 3.8) is 0 Å². The zero-order valence-corrected chi connectivity index (χ0v) is 10.6. The molecule has 0 nitrogen and oxygen atoms in total. The molecule has 0 radical (unpaired) electrons. The van der Waals surface area contributed by atoms with Crippen LogP contribution in [0.25, 0.3) is 0 Å². The van der Waals surface area contributed by atoms with Crippen LogP contribution in [0.2, 0.25) is 0 Å². The fourth-order valence-electron chi connectivity index (χ4n) is 2.41. The molecule has 15 heavy (non-hydrogen) atoms.